The molecule has 0 spiro atoms. The molecule has 6 nitrogen and oxygen atoms in total. The fourth-order valence-corrected chi connectivity index (χ4v) is 2.22. The molecule has 0 heterocycles. The Kier molecular flexibility index (Phi) is 11.8. The molecule has 22 heavy (non-hydrogen) atoms. The Morgan fingerprint density at radius 3 is 1.18 bits per heavy atom. The van der Waals surface area contributed by atoms with Gasteiger partial charge in [0.05, 0.1) is 0 Å². The van der Waals surface area contributed by atoms with Gasteiger partial charge in [-0.05, 0) is 38.5 Å². The number of nitrogens with one attached hydrogen (secondary N) is 2. The van der Waals surface area contributed by atoms with Crippen LogP contribution >= 0.6 is 24.8 Å². The van der Waals surface area contributed by atoms with E-state index in [0.29, 0.717) is 24.7 Å². The molecule has 0 aromatic carbocycles. The van der Waals surface area contributed by atoms with Crippen molar-refractivity contribution in [3.05, 3.63) is 0 Å². The number of halogens is 2. The number of rotatable bonds is 8. The van der Waals surface area contributed by atoms with Gasteiger partial charge in [0.2, 0.25) is 0 Å². The molecule has 0 aromatic heterocycles. The van der Waals surface area contributed by atoms with Crippen molar-refractivity contribution in [1.29, 1.82) is 10.8 Å². The van der Waals surface area contributed by atoms with Gasteiger partial charge in [0, 0.05) is 0 Å². The predicted octanol–water partition coefficient (Wildman–Crippen LogP) is 3.76. The van der Waals surface area contributed by atoms with E-state index >= 15 is 0 Å². The van der Waals surface area contributed by atoms with Crippen LogP contribution in [0.3, 0.4) is 0 Å². The summed E-state index contributed by atoms with van der Waals surface area (Å²) < 4.78 is 0. The van der Waals surface area contributed by atoms with Crippen LogP contribution in [0, 0.1) is 22.7 Å². The van der Waals surface area contributed by atoms with Crippen molar-refractivity contribution in [2.24, 2.45) is 33.5 Å². The standard InChI is InChI=1S/C14H30N6.2ClH/c1-9(2)7-13(5,11(15)16)19-20-14(6,12(17)18)8-10(3)4;;/h9-10H,7-8H2,1-6H3,(H3,15,16)(H3,17,18);2*1H/b20-19+;;. The molecule has 0 radical (unpaired) electrons. The maximum atomic E-state index is 7.74. The van der Waals surface area contributed by atoms with Gasteiger partial charge in [-0.2, -0.15) is 10.2 Å². The Balaban J connectivity index is -0.00000180. The molecule has 0 aliphatic carbocycles. The monoisotopic (exact) mass is 354 g/mol. The van der Waals surface area contributed by atoms with Crippen LogP contribution < -0.4 is 11.5 Å². The molecule has 2 atom stereocenters. The molecule has 8 heteroatoms. The largest absolute Gasteiger partial charge is 0.386 e. The second-order valence-electron chi connectivity index (χ2n) is 6.77. The molecule has 0 aromatic rings. The topological polar surface area (TPSA) is 124 Å². The number of nitrogens with two attached hydrogens (primary N) is 2. The fraction of sp³-hybridized carbons (Fsp3) is 0.857. The van der Waals surface area contributed by atoms with Gasteiger partial charge in [-0.3, -0.25) is 10.8 Å². The molecular formula is C14H32Cl2N6. The molecule has 0 saturated heterocycles. The highest BCUT2D eigenvalue weighted by Gasteiger charge is 2.33. The van der Waals surface area contributed by atoms with Gasteiger partial charge in [-0.1, -0.05) is 27.7 Å². The molecule has 132 valence electrons. The van der Waals surface area contributed by atoms with Gasteiger partial charge in [-0.25, -0.2) is 0 Å². The first-order valence-corrected chi connectivity index (χ1v) is 7.06. The van der Waals surface area contributed by atoms with Crippen molar-refractivity contribution in [2.45, 2.75) is 65.5 Å². The lowest BCUT2D eigenvalue weighted by atomic mass is 9.89. The van der Waals surface area contributed by atoms with Gasteiger partial charge in [-0.15, -0.1) is 24.8 Å². The molecule has 6 N–H and O–H groups in total. The van der Waals surface area contributed by atoms with E-state index in [1.165, 1.54) is 0 Å². The summed E-state index contributed by atoms with van der Waals surface area (Å²) in [5, 5.41) is 24.1. The molecule has 0 bridgehead atoms. The minimum Gasteiger partial charge on any atom is -0.386 e. The van der Waals surface area contributed by atoms with E-state index in [1.807, 2.05) is 0 Å². The van der Waals surface area contributed by atoms with Crippen molar-refractivity contribution < 1.29 is 0 Å². The smallest absolute Gasteiger partial charge is 0.135 e. The van der Waals surface area contributed by atoms with Gasteiger partial charge in [0.1, 0.15) is 22.7 Å². The maximum absolute atomic E-state index is 7.74. The van der Waals surface area contributed by atoms with Gasteiger partial charge < -0.3 is 11.5 Å². The summed E-state index contributed by atoms with van der Waals surface area (Å²) in [5.41, 5.74) is 9.68. The molecule has 0 fully saturated rings. The zero-order chi connectivity index (χ0) is 16.1. The normalized spacial score (nSPS) is 16.5. The van der Waals surface area contributed by atoms with Crippen LogP contribution in [0.25, 0.3) is 0 Å². The summed E-state index contributed by atoms with van der Waals surface area (Å²) in [4.78, 5) is 0. The molecular weight excluding hydrogens is 323 g/mol. The summed E-state index contributed by atoms with van der Waals surface area (Å²) >= 11 is 0. The van der Waals surface area contributed by atoms with Crippen molar-refractivity contribution >= 4 is 36.5 Å². The first kappa shape index (κ1) is 26.0. The third-order valence-electron chi connectivity index (χ3n) is 3.26. The first-order chi connectivity index (χ1) is 8.93. The van der Waals surface area contributed by atoms with E-state index in [2.05, 4.69) is 37.9 Å². The third-order valence-corrected chi connectivity index (χ3v) is 3.26. The Morgan fingerprint density at radius 2 is 1.05 bits per heavy atom. The van der Waals surface area contributed by atoms with Crippen molar-refractivity contribution in [2.75, 3.05) is 0 Å². The highest BCUT2D eigenvalue weighted by molar-refractivity contribution is 5.88. The van der Waals surface area contributed by atoms with Crippen LogP contribution in [0.1, 0.15) is 54.4 Å². The average molecular weight is 355 g/mol. The molecule has 0 rings (SSSR count). The third kappa shape index (κ3) is 7.94. The van der Waals surface area contributed by atoms with E-state index in [9.17, 15) is 0 Å². The number of nitrogens with zero attached hydrogens (tertiary/aromatic N) is 2. The lowest BCUT2D eigenvalue weighted by Gasteiger charge is -2.29. The van der Waals surface area contributed by atoms with Gasteiger partial charge in [0.15, 0.2) is 0 Å². The molecule has 0 saturated carbocycles. The maximum Gasteiger partial charge on any atom is 0.135 e. The van der Waals surface area contributed by atoms with Gasteiger partial charge in [0.25, 0.3) is 0 Å². The van der Waals surface area contributed by atoms with Gasteiger partial charge >= 0.3 is 0 Å². The minimum atomic E-state index is -0.831. The Morgan fingerprint density at radius 1 is 0.818 bits per heavy atom. The summed E-state index contributed by atoms with van der Waals surface area (Å²) in [6.45, 7) is 11.8. The second kappa shape index (κ2) is 10.0. The molecule has 0 amide bonds. The number of hydrogen-bond acceptors (Lipinski definition) is 4. The molecule has 2 unspecified atom stereocenters. The van der Waals surface area contributed by atoms with Crippen LogP contribution in [-0.2, 0) is 0 Å². The summed E-state index contributed by atoms with van der Waals surface area (Å²) in [6, 6.07) is 0. The van der Waals surface area contributed by atoms with Crippen LogP contribution in [0.2, 0.25) is 0 Å². The SMILES string of the molecule is CC(C)CC(C)(/N=N/C(C)(CC(C)C)C(=N)N)C(=N)N.Cl.Cl. The lowest BCUT2D eigenvalue weighted by molar-refractivity contribution is 0.396. The Bertz CT molecular complexity index is 361. The lowest BCUT2D eigenvalue weighted by Crippen LogP contribution is -2.43. The van der Waals surface area contributed by atoms with Crippen LogP contribution in [-0.4, -0.2) is 22.7 Å². The fourth-order valence-electron chi connectivity index (χ4n) is 2.22. The number of amidine groups is 2. The average Bonchev–Trinajstić information content (AvgIpc) is 2.24. The van der Waals surface area contributed by atoms with E-state index in [0.717, 1.165) is 0 Å². The first-order valence-electron chi connectivity index (χ1n) is 7.06. The quantitative estimate of drug-likeness (QED) is 0.301. The second-order valence-corrected chi connectivity index (χ2v) is 6.77. The van der Waals surface area contributed by atoms with E-state index in [4.69, 9.17) is 22.3 Å². The zero-order valence-corrected chi connectivity index (χ0v) is 16.1. The molecule has 0 aliphatic rings. The van der Waals surface area contributed by atoms with E-state index in [1.54, 1.807) is 13.8 Å². The van der Waals surface area contributed by atoms with Crippen LogP contribution in [0.5, 0.6) is 0 Å². The summed E-state index contributed by atoms with van der Waals surface area (Å²) in [7, 11) is 0. The highest BCUT2D eigenvalue weighted by atomic mass is 35.5. The predicted molar refractivity (Wildman–Crippen MR) is 98.9 cm³/mol. The Hall–Kier alpha value is -0.880. The number of azo groups is 1. The van der Waals surface area contributed by atoms with E-state index < -0.39 is 11.1 Å². The van der Waals surface area contributed by atoms with Crippen molar-refractivity contribution in [1.82, 2.24) is 0 Å². The highest BCUT2D eigenvalue weighted by Crippen LogP contribution is 2.26. The number of hydrogen-bond donors (Lipinski definition) is 4. The summed E-state index contributed by atoms with van der Waals surface area (Å²) in [5.74, 6) is 0.670. The van der Waals surface area contributed by atoms with Crippen molar-refractivity contribution in [3.8, 4) is 0 Å². The van der Waals surface area contributed by atoms with Crippen molar-refractivity contribution in [3.63, 3.8) is 0 Å². The van der Waals surface area contributed by atoms with E-state index in [-0.39, 0.29) is 36.5 Å². The molecule has 0 aliphatic heterocycles. The van der Waals surface area contributed by atoms with Crippen LogP contribution in [0.15, 0.2) is 10.2 Å². The Labute approximate surface area is 146 Å². The summed E-state index contributed by atoms with van der Waals surface area (Å²) in [6.07, 6.45) is 1.28. The minimum absolute atomic E-state index is 0. The van der Waals surface area contributed by atoms with Crippen LogP contribution in [0.4, 0.5) is 0 Å². The zero-order valence-electron chi connectivity index (χ0n) is 14.4.